The van der Waals surface area contributed by atoms with Crippen molar-refractivity contribution in [3.63, 3.8) is 0 Å². The van der Waals surface area contributed by atoms with Crippen molar-refractivity contribution in [2.75, 3.05) is 6.54 Å². The van der Waals surface area contributed by atoms with E-state index in [9.17, 15) is 9.59 Å². The van der Waals surface area contributed by atoms with Crippen LogP contribution in [0.5, 0.6) is 0 Å². The third-order valence-corrected chi connectivity index (χ3v) is 4.07. The van der Waals surface area contributed by atoms with E-state index in [1.54, 1.807) is 12.1 Å². The van der Waals surface area contributed by atoms with Gasteiger partial charge in [-0.15, -0.1) is 0 Å². The highest BCUT2D eigenvalue weighted by molar-refractivity contribution is 5.87. The van der Waals surface area contributed by atoms with Gasteiger partial charge in [0.15, 0.2) is 0 Å². The van der Waals surface area contributed by atoms with Gasteiger partial charge in [0.1, 0.15) is 0 Å². The van der Waals surface area contributed by atoms with Crippen molar-refractivity contribution >= 4 is 11.9 Å². The molecule has 1 aliphatic rings. The first kappa shape index (κ1) is 14.5. The van der Waals surface area contributed by atoms with E-state index in [1.165, 1.54) is 12.1 Å². The molecule has 0 atom stereocenters. The van der Waals surface area contributed by atoms with E-state index in [0.717, 1.165) is 24.8 Å². The lowest BCUT2D eigenvalue weighted by Gasteiger charge is -2.40. The number of nitrogens with one attached hydrogen (secondary N) is 1. The molecular weight excluding hydrogens is 256 g/mol. The number of carboxylic acids is 1. The highest BCUT2D eigenvalue weighted by Gasteiger charge is 2.37. The zero-order valence-electron chi connectivity index (χ0n) is 11.4. The van der Waals surface area contributed by atoms with Crippen LogP contribution in [-0.4, -0.2) is 23.5 Å². The Hall–Kier alpha value is -1.88. The van der Waals surface area contributed by atoms with Gasteiger partial charge in [-0.05, 0) is 42.5 Å². The maximum absolute atomic E-state index is 11.9. The zero-order valence-corrected chi connectivity index (χ0v) is 11.4. The number of hydrogen-bond acceptors (Lipinski definition) is 3. The topological polar surface area (TPSA) is 92.4 Å². The maximum atomic E-state index is 11.9. The fraction of sp³-hybridized carbons (Fsp3) is 0.467. The molecule has 0 bridgehead atoms. The Bertz CT molecular complexity index is 487. The molecule has 5 heteroatoms. The van der Waals surface area contributed by atoms with E-state index in [2.05, 4.69) is 5.32 Å². The van der Waals surface area contributed by atoms with Gasteiger partial charge < -0.3 is 16.2 Å². The van der Waals surface area contributed by atoms with Crippen molar-refractivity contribution in [1.29, 1.82) is 0 Å². The Morgan fingerprint density at radius 3 is 2.35 bits per heavy atom. The third-order valence-electron chi connectivity index (χ3n) is 4.07. The molecule has 0 heterocycles. The molecular formula is C15H20N2O3. The van der Waals surface area contributed by atoms with Gasteiger partial charge in [-0.3, -0.25) is 4.79 Å². The van der Waals surface area contributed by atoms with Crippen LogP contribution in [0.25, 0.3) is 0 Å². The van der Waals surface area contributed by atoms with Gasteiger partial charge in [0.2, 0.25) is 5.91 Å². The van der Waals surface area contributed by atoms with Crippen molar-refractivity contribution in [3.8, 4) is 0 Å². The number of carboxylic acid groups (broad SMARTS) is 1. The average Bonchev–Trinajstić information content (AvgIpc) is 2.41. The molecule has 1 saturated carbocycles. The van der Waals surface area contributed by atoms with E-state index in [-0.39, 0.29) is 16.9 Å². The minimum atomic E-state index is -0.949. The van der Waals surface area contributed by atoms with E-state index in [0.29, 0.717) is 19.5 Å². The van der Waals surface area contributed by atoms with Gasteiger partial charge in [-0.2, -0.15) is 0 Å². The van der Waals surface area contributed by atoms with E-state index in [1.807, 2.05) is 0 Å². The molecule has 0 spiro atoms. The van der Waals surface area contributed by atoms with Crippen LogP contribution in [0.4, 0.5) is 0 Å². The van der Waals surface area contributed by atoms with E-state index < -0.39 is 5.97 Å². The molecule has 5 nitrogen and oxygen atoms in total. The molecule has 1 aromatic rings. The van der Waals surface area contributed by atoms with Crippen molar-refractivity contribution in [3.05, 3.63) is 35.4 Å². The molecule has 0 radical (unpaired) electrons. The molecule has 1 fully saturated rings. The van der Waals surface area contributed by atoms with Gasteiger partial charge in [0, 0.05) is 13.0 Å². The van der Waals surface area contributed by atoms with Crippen molar-refractivity contribution in [2.24, 2.45) is 11.1 Å². The SMILES string of the molecule is NCC1(CC(=O)NCc2ccc(C(=O)O)cc2)CCC1. The number of carbonyl (C=O) groups excluding carboxylic acids is 1. The summed E-state index contributed by atoms with van der Waals surface area (Å²) in [5, 5.41) is 11.7. The fourth-order valence-corrected chi connectivity index (χ4v) is 2.50. The van der Waals surface area contributed by atoms with Gasteiger partial charge >= 0.3 is 5.97 Å². The molecule has 108 valence electrons. The van der Waals surface area contributed by atoms with Crippen LogP contribution >= 0.6 is 0 Å². The first-order valence-corrected chi connectivity index (χ1v) is 6.84. The van der Waals surface area contributed by atoms with Crippen LogP contribution in [0.2, 0.25) is 0 Å². The molecule has 0 aromatic heterocycles. The smallest absolute Gasteiger partial charge is 0.335 e. The summed E-state index contributed by atoms with van der Waals surface area (Å²) in [6.45, 7) is 0.979. The van der Waals surface area contributed by atoms with Crippen LogP contribution in [-0.2, 0) is 11.3 Å². The van der Waals surface area contributed by atoms with Crippen LogP contribution in [0.3, 0.4) is 0 Å². The highest BCUT2D eigenvalue weighted by Crippen LogP contribution is 2.42. The van der Waals surface area contributed by atoms with Gasteiger partial charge in [0.25, 0.3) is 0 Å². The average molecular weight is 276 g/mol. The van der Waals surface area contributed by atoms with Crippen LogP contribution in [0, 0.1) is 5.41 Å². The summed E-state index contributed by atoms with van der Waals surface area (Å²) in [4.78, 5) is 22.6. The van der Waals surface area contributed by atoms with Gasteiger partial charge in [-0.25, -0.2) is 4.79 Å². The quantitative estimate of drug-likeness (QED) is 0.734. The summed E-state index contributed by atoms with van der Waals surface area (Å²) in [6, 6.07) is 6.51. The monoisotopic (exact) mass is 276 g/mol. The van der Waals surface area contributed by atoms with Gasteiger partial charge in [0.05, 0.1) is 5.56 Å². The first-order chi connectivity index (χ1) is 9.54. The second-order valence-electron chi connectivity index (χ2n) is 5.51. The lowest BCUT2D eigenvalue weighted by molar-refractivity contribution is -0.124. The van der Waals surface area contributed by atoms with Crippen LogP contribution in [0.1, 0.15) is 41.6 Å². The normalized spacial score (nSPS) is 16.2. The molecule has 1 aliphatic carbocycles. The van der Waals surface area contributed by atoms with E-state index >= 15 is 0 Å². The summed E-state index contributed by atoms with van der Waals surface area (Å²) >= 11 is 0. The number of carbonyl (C=O) groups is 2. The summed E-state index contributed by atoms with van der Waals surface area (Å²) in [5.41, 5.74) is 6.88. The lowest BCUT2D eigenvalue weighted by Crippen LogP contribution is -2.41. The minimum absolute atomic E-state index is 0.0112. The molecule has 2 rings (SSSR count). The van der Waals surface area contributed by atoms with Crippen LogP contribution < -0.4 is 11.1 Å². The Morgan fingerprint density at radius 2 is 1.90 bits per heavy atom. The standard InChI is InChI=1S/C15H20N2O3/c16-10-15(6-1-7-15)8-13(18)17-9-11-2-4-12(5-3-11)14(19)20/h2-5H,1,6-10,16H2,(H,17,18)(H,19,20). The second kappa shape index (κ2) is 6.05. The summed E-state index contributed by atoms with van der Waals surface area (Å²) in [5.74, 6) is -0.937. The Morgan fingerprint density at radius 1 is 1.25 bits per heavy atom. The van der Waals surface area contributed by atoms with Crippen LogP contribution in [0.15, 0.2) is 24.3 Å². The number of aromatic carboxylic acids is 1. The number of rotatable bonds is 6. The van der Waals surface area contributed by atoms with Crippen molar-refractivity contribution in [2.45, 2.75) is 32.2 Å². The Labute approximate surface area is 118 Å². The maximum Gasteiger partial charge on any atom is 0.335 e. The molecule has 1 amide bonds. The zero-order chi connectivity index (χ0) is 14.6. The van der Waals surface area contributed by atoms with Crippen molar-refractivity contribution in [1.82, 2.24) is 5.32 Å². The number of amides is 1. The predicted molar refractivity (Wildman–Crippen MR) is 75.2 cm³/mol. The third kappa shape index (κ3) is 3.36. The first-order valence-electron chi connectivity index (χ1n) is 6.84. The number of benzene rings is 1. The second-order valence-corrected chi connectivity index (χ2v) is 5.51. The summed E-state index contributed by atoms with van der Waals surface area (Å²) in [6.07, 6.45) is 3.70. The highest BCUT2D eigenvalue weighted by atomic mass is 16.4. The molecule has 0 saturated heterocycles. The minimum Gasteiger partial charge on any atom is -0.478 e. The molecule has 0 aliphatic heterocycles. The Balaban J connectivity index is 1.82. The largest absolute Gasteiger partial charge is 0.478 e. The fourth-order valence-electron chi connectivity index (χ4n) is 2.50. The number of hydrogen-bond donors (Lipinski definition) is 3. The van der Waals surface area contributed by atoms with Gasteiger partial charge in [-0.1, -0.05) is 18.6 Å². The van der Waals surface area contributed by atoms with Crippen molar-refractivity contribution < 1.29 is 14.7 Å². The predicted octanol–water partition coefficient (Wildman–Crippen LogP) is 1.52. The lowest BCUT2D eigenvalue weighted by atomic mass is 9.66. The number of nitrogens with two attached hydrogens (primary N) is 1. The molecule has 20 heavy (non-hydrogen) atoms. The molecule has 0 unspecified atom stereocenters. The molecule has 4 N–H and O–H groups in total. The Kier molecular flexibility index (Phi) is 4.39. The van der Waals surface area contributed by atoms with E-state index in [4.69, 9.17) is 10.8 Å². The summed E-state index contributed by atoms with van der Waals surface area (Å²) in [7, 11) is 0. The summed E-state index contributed by atoms with van der Waals surface area (Å²) < 4.78 is 0. The molecule has 1 aromatic carbocycles.